The highest BCUT2D eigenvalue weighted by Crippen LogP contribution is 2.41. The van der Waals surface area contributed by atoms with E-state index in [1.54, 1.807) is 6.07 Å². The van der Waals surface area contributed by atoms with Gasteiger partial charge in [-0.15, -0.1) is 0 Å². The van der Waals surface area contributed by atoms with Crippen molar-refractivity contribution in [1.82, 2.24) is 9.97 Å². The van der Waals surface area contributed by atoms with Crippen molar-refractivity contribution in [2.75, 3.05) is 29.0 Å². The summed E-state index contributed by atoms with van der Waals surface area (Å²) in [4.78, 5) is 12.0. The Morgan fingerprint density at radius 2 is 1.81 bits per heavy atom. The van der Waals surface area contributed by atoms with E-state index in [1.165, 1.54) is 36.1 Å². The molecule has 2 aromatic carbocycles. The second-order valence-electron chi connectivity index (χ2n) is 10.3. The van der Waals surface area contributed by atoms with E-state index in [0.717, 1.165) is 61.3 Å². The standard InChI is InChI=1S/C28H34F3N5/c1-4-18-8-10-36(11-9-18)25-15-24-26(23-7-5-6-22(23)25)34-17(3)35-27(24)33-16(2)19-12-20(28(29,30)31)14-21(32)13-19/h12-16,18H,4-11,32H2,1-3H3,(H,33,34,35)/t16-/m1/s1. The van der Waals surface area contributed by atoms with Gasteiger partial charge in [0.25, 0.3) is 0 Å². The maximum atomic E-state index is 13.4. The molecule has 1 saturated heterocycles. The number of fused-ring (bicyclic) bond motifs is 3. The smallest absolute Gasteiger partial charge is 0.399 e. The quantitative estimate of drug-likeness (QED) is 0.378. The number of aryl methyl sites for hydroxylation is 2. The summed E-state index contributed by atoms with van der Waals surface area (Å²) in [6, 6.07) is 5.50. The normalized spacial score (nSPS) is 17.4. The van der Waals surface area contributed by atoms with Crippen molar-refractivity contribution < 1.29 is 13.2 Å². The summed E-state index contributed by atoms with van der Waals surface area (Å²) in [6.45, 7) is 8.06. The van der Waals surface area contributed by atoms with Crippen molar-refractivity contribution in [3.63, 3.8) is 0 Å². The van der Waals surface area contributed by atoms with Crippen LogP contribution in [0.1, 0.15) is 73.7 Å². The van der Waals surface area contributed by atoms with Crippen LogP contribution in [-0.4, -0.2) is 23.1 Å². The third-order valence-electron chi connectivity index (χ3n) is 7.84. The lowest BCUT2D eigenvalue weighted by Gasteiger charge is -2.35. The predicted octanol–water partition coefficient (Wildman–Crippen LogP) is 6.83. The fourth-order valence-electron chi connectivity index (χ4n) is 5.81. The van der Waals surface area contributed by atoms with Gasteiger partial charge < -0.3 is 16.0 Å². The molecule has 0 amide bonds. The lowest BCUT2D eigenvalue weighted by Crippen LogP contribution is -2.34. The topological polar surface area (TPSA) is 67.1 Å². The molecule has 1 aliphatic carbocycles. The lowest BCUT2D eigenvalue weighted by molar-refractivity contribution is -0.137. The number of hydrogen-bond donors (Lipinski definition) is 2. The Balaban J connectivity index is 1.55. The van der Waals surface area contributed by atoms with Crippen molar-refractivity contribution in [1.29, 1.82) is 0 Å². The first-order chi connectivity index (χ1) is 17.1. The number of alkyl halides is 3. The van der Waals surface area contributed by atoms with Crippen LogP contribution in [0, 0.1) is 12.8 Å². The van der Waals surface area contributed by atoms with Crippen LogP contribution >= 0.6 is 0 Å². The average Bonchev–Trinajstić information content (AvgIpc) is 3.33. The van der Waals surface area contributed by atoms with E-state index in [4.69, 9.17) is 15.7 Å². The number of aromatic nitrogens is 2. The van der Waals surface area contributed by atoms with Crippen molar-refractivity contribution >= 4 is 28.1 Å². The van der Waals surface area contributed by atoms with Gasteiger partial charge >= 0.3 is 6.18 Å². The number of nitrogens with zero attached hydrogens (tertiary/aromatic N) is 3. The minimum atomic E-state index is -4.46. The fraction of sp³-hybridized carbons (Fsp3) is 0.500. The zero-order valence-electron chi connectivity index (χ0n) is 21.2. The van der Waals surface area contributed by atoms with Gasteiger partial charge in [-0.05, 0) is 92.8 Å². The van der Waals surface area contributed by atoms with Gasteiger partial charge in [0.15, 0.2) is 0 Å². The third-order valence-corrected chi connectivity index (χ3v) is 7.84. The van der Waals surface area contributed by atoms with Crippen LogP contribution in [-0.2, 0) is 19.0 Å². The number of piperidine rings is 1. The number of halogens is 3. The zero-order chi connectivity index (χ0) is 25.6. The van der Waals surface area contributed by atoms with Crippen LogP contribution < -0.4 is 16.0 Å². The number of anilines is 3. The molecule has 192 valence electrons. The zero-order valence-corrected chi connectivity index (χ0v) is 21.2. The number of nitrogen functional groups attached to an aromatic ring is 1. The van der Waals surface area contributed by atoms with E-state index in [-0.39, 0.29) is 5.69 Å². The van der Waals surface area contributed by atoms with E-state index in [1.807, 2.05) is 13.8 Å². The minimum absolute atomic E-state index is 0.0905. The largest absolute Gasteiger partial charge is 0.416 e. The van der Waals surface area contributed by atoms with Gasteiger partial charge in [-0.1, -0.05) is 13.3 Å². The Bertz CT molecular complexity index is 1280. The van der Waals surface area contributed by atoms with Gasteiger partial charge in [0, 0.05) is 29.9 Å². The summed E-state index contributed by atoms with van der Waals surface area (Å²) < 4.78 is 40.2. The van der Waals surface area contributed by atoms with E-state index >= 15 is 0 Å². The van der Waals surface area contributed by atoms with Gasteiger partial charge in [-0.25, -0.2) is 9.97 Å². The molecule has 2 aliphatic rings. The molecule has 0 bridgehead atoms. The second-order valence-corrected chi connectivity index (χ2v) is 10.3. The summed E-state index contributed by atoms with van der Waals surface area (Å²) in [6.07, 6.45) is 2.32. The summed E-state index contributed by atoms with van der Waals surface area (Å²) >= 11 is 0. The monoisotopic (exact) mass is 497 g/mol. The number of benzene rings is 2. The second kappa shape index (κ2) is 9.45. The molecule has 36 heavy (non-hydrogen) atoms. The molecule has 0 spiro atoms. The Morgan fingerprint density at radius 3 is 2.50 bits per heavy atom. The molecule has 5 nitrogen and oxygen atoms in total. The molecule has 1 fully saturated rings. The van der Waals surface area contributed by atoms with Crippen LogP contribution in [0.4, 0.5) is 30.4 Å². The van der Waals surface area contributed by atoms with Gasteiger partial charge in [0.2, 0.25) is 0 Å². The molecule has 8 heteroatoms. The summed E-state index contributed by atoms with van der Waals surface area (Å²) in [5, 5.41) is 4.32. The van der Waals surface area contributed by atoms with Crippen molar-refractivity contribution in [3.8, 4) is 0 Å². The Hall–Kier alpha value is -3.03. The molecule has 3 N–H and O–H groups in total. The molecule has 3 aromatic rings. The molecule has 0 radical (unpaired) electrons. The lowest BCUT2D eigenvalue weighted by atomic mass is 9.93. The molecule has 1 aromatic heterocycles. The molecule has 1 atom stereocenters. The summed E-state index contributed by atoms with van der Waals surface area (Å²) in [5.74, 6) is 2.09. The molecule has 1 aliphatic heterocycles. The van der Waals surface area contributed by atoms with Gasteiger partial charge in [0.05, 0.1) is 17.1 Å². The van der Waals surface area contributed by atoms with Crippen LogP contribution in [0.15, 0.2) is 24.3 Å². The highest BCUT2D eigenvalue weighted by atomic mass is 19.4. The van der Waals surface area contributed by atoms with Crippen molar-refractivity contribution in [2.24, 2.45) is 5.92 Å². The molecule has 0 unspecified atom stereocenters. The SMILES string of the molecule is CCC1CCN(c2cc3c(N[C@H](C)c4cc(N)cc(C(F)(F)F)c4)nc(C)nc3c3c2CCC3)CC1. The average molecular weight is 498 g/mol. The van der Waals surface area contributed by atoms with Crippen molar-refractivity contribution in [2.45, 2.75) is 71.5 Å². The Morgan fingerprint density at radius 1 is 1.08 bits per heavy atom. The third kappa shape index (κ3) is 4.70. The summed E-state index contributed by atoms with van der Waals surface area (Å²) in [5.41, 5.74) is 10.6. The number of nitrogens with one attached hydrogen (secondary N) is 1. The van der Waals surface area contributed by atoms with Crippen LogP contribution in [0.2, 0.25) is 0 Å². The van der Waals surface area contributed by atoms with Crippen LogP contribution in [0.25, 0.3) is 10.9 Å². The van der Waals surface area contributed by atoms with E-state index in [0.29, 0.717) is 17.2 Å². The Kier molecular flexibility index (Phi) is 6.47. The highest BCUT2D eigenvalue weighted by molar-refractivity contribution is 5.96. The van der Waals surface area contributed by atoms with Crippen LogP contribution in [0.5, 0.6) is 0 Å². The highest BCUT2D eigenvalue weighted by Gasteiger charge is 2.32. The molecule has 5 rings (SSSR count). The maximum Gasteiger partial charge on any atom is 0.416 e. The first-order valence-electron chi connectivity index (χ1n) is 13.0. The molecular weight excluding hydrogens is 463 g/mol. The fourth-order valence-corrected chi connectivity index (χ4v) is 5.81. The number of rotatable bonds is 5. The van der Waals surface area contributed by atoms with Gasteiger partial charge in [-0.2, -0.15) is 13.2 Å². The Labute approximate surface area is 210 Å². The number of hydrogen-bond acceptors (Lipinski definition) is 5. The molecular formula is C28H34F3N5. The van der Waals surface area contributed by atoms with Crippen LogP contribution in [0.3, 0.4) is 0 Å². The van der Waals surface area contributed by atoms with Gasteiger partial charge in [0.1, 0.15) is 11.6 Å². The number of nitrogens with two attached hydrogens (primary N) is 1. The first-order valence-corrected chi connectivity index (χ1v) is 13.0. The summed E-state index contributed by atoms with van der Waals surface area (Å²) in [7, 11) is 0. The van der Waals surface area contributed by atoms with E-state index < -0.39 is 17.8 Å². The van der Waals surface area contributed by atoms with Crippen molar-refractivity contribution in [3.05, 3.63) is 52.3 Å². The minimum Gasteiger partial charge on any atom is -0.399 e. The first kappa shape index (κ1) is 24.7. The molecule has 0 saturated carbocycles. The molecule has 2 heterocycles. The predicted molar refractivity (Wildman–Crippen MR) is 139 cm³/mol. The van der Waals surface area contributed by atoms with E-state index in [2.05, 4.69) is 23.2 Å². The van der Waals surface area contributed by atoms with Gasteiger partial charge in [-0.3, -0.25) is 0 Å². The van der Waals surface area contributed by atoms with E-state index in [9.17, 15) is 13.2 Å². The maximum absolute atomic E-state index is 13.4.